The van der Waals surface area contributed by atoms with Crippen molar-refractivity contribution in [2.45, 2.75) is 27.2 Å². The number of aryl methyl sites for hydroxylation is 1. The lowest BCUT2D eigenvalue weighted by Gasteiger charge is -2.19. The number of hydrogen-bond donors (Lipinski definition) is 1. The predicted octanol–water partition coefficient (Wildman–Crippen LogP) is 0.928. The van der Waals surface area contributed by atoms with Crippen LogP contribution in [0.1, 0.15) is 30.2 Å². The number of aromatic nitrogens is 2. The van der Waals surface area contributed by atoms with Crippen molar-refractivity contribution < 1.29 is 4.79 Å². The van der Waals surface area contributed by atoms with Gasteiger partial charge in [-0.3, -0.25) is 4.79 Å². The lowest BCUT2D eigenvalue weighted by atomic mass is 10.1. The lowest BCUT2D eigenvalue weighted by Crippen LogP contribution is -2.36. The summed E-state index contributed by atoms with van der Waals surface area (Å²) < 4.78 is 0. The Kier molecular flexibility index (Phi) is 5.24. The summed E-state index contributed by atoms with van der Waals surface area (Å²) in [4.78, 5) is 13.3. The van der Waals surface area contributed by atoms with Crippen molar-refractivity contribution in [3.63, 3.8) is 0 Å². The Bertz CT molecular complexity index is 506. The molecule has 0 radical (unpaired) electrons. The fraction of sp³-hybridized carbons (Fsp3) is 0.538. The van der Waals surface area contributed by atoms with Crippen LogP contribution in [-0.4, -0.2) is 36.2 Å². The molecule has 0 bridgehead atoms. The number of hydrogen-bond acceptors (Lipinski definition) is 5. The molecule has 0 aromatic carbocycles. The molecule has 0 aliphatic rings. The van der Waals surface area contributed by atoms with Crippen molar-refractivity contribution >= 4 is 11.7 Å². The maximum Gasteiger partial charge on any atom is 0.239 e. The van der Waals surface area contributed by atoms with Gasteiger partial charge >= 0.3 is 0 Å². The van der Waals surface area contributed by atoms with Gasteiger partial charge in [-0.1, -0.05) is 6.92 Å². The first-order valence-electron chi connectivity index (χ1n) is 6.23. The lowest BCUT2D eigenvalue weighted by molar-refractivity contribution is -0.119. The zero-order valence-corrected chi connectivity index (χ0v) is 11.8. The van der Waals surface area contributed by atoms with Crippen LogP contribution in [0.3, 0.4) is 0 Å². The van der Waals surface area contributed by atoms with Crippen LogP contribution in [0.4, 0.5) is 5.82 Å². The monoisotopic (exact) mass is 261 g/mol. The number of carbonyl (C=O) groups is 1. The highest BCUT2D eigenvalue weighted by atomic mass is 16.2. The summed E-state index contributed by atoms with van der Waals surface area (Å²) in [5, 5.41) is 20.0. The highest BCUT2D eigenvalue weighted by Gasteiger charge is 2.16. The molecule has 1 N–H and O–H groups in total. The average Bonchev–Trinajstić information content (AvgIpc) is 2.39. The van der Waals surface area contributed by atoms with Crippen LogP contribution >= 0.6 is 0 Å². The van der Waals surface area contributed by atoms with Gasteiger partial charge in [0.1, 0.15) is 11.6 Å². The van der Waals surface area contributed by atoms with Gasteiger partial charge in [0, 0.05) is 13.6 Å². The number of nitrogens with one attached hydrogen (secondary N) is 1. The van der Waals surface area contributed by atoms with E-state index in [1.54, 1.807) is 18.9 Å². The first-order chi connectivity index (χ1) is 9.01. The molecule has 19 heavy (non-hydrogen) atoms. The number of nitriles is 1. The Morgan fingerprint density at radius 2 is 2.11 bits per heavy atom. The number of amides is 1. The summed E-state index contributed by atoms with van der Waals surface area (Å²) in [7, 11) is 1.73. The van der Waals surface area contributed by atoms with Gasteiger partial charge in [0.15, 0.2) is 5.82 Å². The van der Waals surface area contributed by atoms with Crippen molar-refractivity contribution in [2.75, 3.05) is 25.0 Å². The minimum atomic E-state index is -0.0896. The van der Waals surface area contributed by atoms with Crippen LogP contribution in [0, 0.1) is 25.2 Å². The SMILES string of the molecule is CCCNC(=O)CN(C)c1nnc(C)c(C)c1C#N. The zero-order valence-electron chi connectivity index (χ0n) is 11.8. The van der Waals surface area contributed by atoms with E-state index in [4.69, 9.17) is 0 Å². The smallest absolute Gasteiger partial charge is 0.239 e. The summed E-state index contributed by atoms with van der Waals surface area (Å²) in [6.07, 6.45) is 0.891. The third-order valence-electron chi connectivity index (χ3n) is 2.86. The molecule has 0 saturated carbocycles. The molecular weight excluding hydrogens is 242 g/mol. The molecule has 0 atom stereocenters. The van der Waals surface area contributed by atoms with E-state index >= 15 is 0 Å². The largest absolute Gasteiger partial charge is 0.355 e. The summed E-state index contributed by atoms with van der Waals surface area (Å²) in [5.74, 6) is 0.352. The van der Waals surface area contributed by atoms with Crippen LogP contribution in [0.2, 0.25) is 0 Å². The highest BCUT2D eigenvalue weighted by molar-refractivity contribution is 5.81. The molecule has 102 valence electrons. The summed E-state index contributed by atoms with van der Waals surface area (Å²) in [5.41, 5.74) is 2.00. The maximum absolute atomic E-state index is 11.7. The van der Waals surface area contributed by atoms with Gasteiger partial charge in [0.25, 0.3) is 0 Å². The van der Waals surface area contributed by atoms with Gasteiger partial charge in [-0.2, -0.15) is 10.4 Å². The molecule has 6 heteroatoms. The Labute approximate surface area is 113 Å². The molecule has 1 aromatic rings. The van der Waals surface area contributed by atoms with E-state index in [-0.39, 0.29) is 12.5 Å². The molecule has 6 nitrogen and oxygen atoms in total. The Balaban J connectivity index is 2.89. The second kappa shape index (κ2) is 6.69. The quantitative estimate of drug-likeness (QED) is 0.852. The van der Waals surface area contributed by atoms with E-state index in [0.29, 0.717) is 17.9 Å². The molecule has 0 aliphatic heterocycles. The van der Waals surface area contributed by atoms with Crippen molar-refractivity contribution in [3.05, 3.63) is 16.8 Å². The van der Waals surface area contributed by atoms with Crippen molar-refractivity contribution in [2.24, 2.45) is 0 Å². The topological polar surface area (TPSA) is 81.9 Å². The third kappa shape index (κ3) is 3.65. The van der Waals surface area contributed by atoms with Crippen molar-refractivity contribution in [3.8, 4) is 6.07 Å². The minimum absolute atomic E-state index is 0.0896. The standard InChI is InChI=1S/C13H19N5O/c1-5-6-15-12(19)8-18(4)13-11(7-14)9(2)10(3)16-17-13/h5-6,8H2,1-4H3,(H,15,19). The second-order valence-electron chi connectivity index (χ2n) is 4.43. The Morgan fingerprint density at radius 3 is 2.68 bits per heavy atom. The van der Waals surface area contributed by atoms with Crippen LogP contribution in [0.15, 0.2) is 0 Å². The van der Waals surface area contributed by atoms with E-state index < -0.39 is 0 Å². The predicted molar refractivity (Wildman–Crippen MR) is 72.8 cm³/mol. The minimum Gasteiger partial charge on any atom is -0.355 e. The molecule has 0 fully saturated rings. The van der Waals surface area contributed by atoms with E-state index in [1.807, 2.05) is 13.8 Å². The fourth-order valence-corrected chi connectivity index (χ4v) is 1.61. The van der Waals surface area contributed by atoms with Gasteiger partial charge in [-0.15, -0.1) is 5.10 Å². The van der Waals surface area contributed by atoms with Crippen LogP contribution < -0.4 is 10.2 Å². The maximum atomic E-state index is 11.7. The van der Waals surface area contributed by atoms with E-state index in [9.17, 15) is 10.1 Å². The van der Waals surface area contributed by atoms with E-state index in [1.165, 1.54) is 0 Å². The summed E-state index contributed by atoms with van der Waals surface area (Å²) in [6, 6.07) is 2.13. The van der Waals surface area contributed by atoms with Gasteiger partial charge in [-0.25, -0.2) is 0 Å². The molecule has 1 amide bonds. The van der Waals surface area contributed by atoms with Crippen molar-refractivity contribution in [1.29, 1.82) is 5.26 Å². The summed E-state index contributed by atoms with van der Waals surface area (Å²) >= 11 is 0. The number of rotatable bonds is 5. The number of likely N-dealkylation sites (N-methyl/N-ethyl adjacent to an activating group) is 1. The molecule has 1 aromatic heterocycles. The van der Waals surface area contributed by atoms with E-state index in [0.717, 1.165) is 17.7 Å². The van der Waals surface area contributed by atoms with Gasteiger partial charge in [0.05, 0.1) is 12.2 Å². The van der Waals surface area contributed by atoms with Gasteiger partial charge in [-0.05, 0) is 25.8 Å². The average molecular weight is 261 g/mol. The number of carbonyl (C=O) groups excluding carboxylic acids is 1. The van der Waals surface area contributed by atoms with Gasteiger partial charge < -0.3 is 10.2 Å². The van der Waals surface area contributed by atoms with E-state index in [2.05, 4.69) is 21.6 Å². The fourth-order valence-electron chi connectivity index (χ4n) is 1.61. The van der Waals surface area contributed by atoms with Crippen LogP contribution in [0.5, 0.6) is 0 Å². The zero-order chi connectivity index (χ0) is 14.4. The first kappa shape index (κ1) is 14.9. The third-order valence-corrected chi connectivity index (χ3v) is 2.86. The normalized spacial score (nSPS) is 9.84. The highest BCUT2D eigenvalue weighted by Crippen LogP contribution is 2.19. The molecule has 1 rings (SSSR count). The Hall–Kier alpha value is -2.16. The molecule has 0 spiro atoms. The van der Waals surface area contributed by atoms with Gasteiger partial charge in [0.2, 0.25) is 5.91 Å². The molecular formula is C13H19N5O. The molecule has 0 aliphatic carbocycles. The summed E-state index contributed by atoms with van der Waals surface area (Å²) in [6.45, 7) is 6.44. The van der Waals surface area contributed by atoms with Crippen LogP contribution in [0.25, 0.3) is 0 Å². The first-order valence-corrected chi connectivity index (χ1v) is 6.23. The molecule has 1 heterocycles. The van der Waals surface area contributed by atoms with Crippen molar-refractivity contribution in [1.82, 2.24) is 15.5 Å². The number of nitrogens with zero attached hydrogens (tertiary/aromatic N) is 4. The molecule has 0 unspecified atom stereocenters. The van der Waals surface area contributed by atoms with Crippen LogP contribution in [-0.2, 0) is 4.79 Å². The molecule has 0 saturated heterocycles. The number of anilines is 1. The Morgan fingerprint density at radius 1 is 1.42 bits per heavy atom. The second-order valence-corrected chi connectivity index (χ2v) is 4.43.